The number of hydrogen-bond donors (Lipinski definition) is 2. The Bertz CT molecular complexity index is 827. The van der Waals surface area contributed by atoms with Gasteiger partial charge in [0.05, 0.1) is 12.3 Å². The average molecular weight is 355 g/mol. The van der Waals surface area contributed by atoms with Gasteiger partial charge in [0.15, 0.2) is 0 Å². The molecule has 0 atom stereocenters. The van der Waals surface area contributed by atoms with Crippen LogP contribution in [0.5, 0.6) is 0 Å². The van der Waals surface area contributed by atoms with E-state index in [0.717, 1.165) is 16.9 Å². The van der Waals surface area contributed by atoms with E-state index in [1.807, 2.05) is 60.7 Å². The molecule has 6 heteroatoms. The van der Waals surface area contributed by atoms with E-state index in [9.17, 15) is 0 Å². The lowest BCUT2D eigenvalue weighted by Gasteiger charge is -2.11. The Kier molecular flexibility index (Phi) is 5.82. The number of nitrogens with one attached hydrogen (secondary N) is 2. The zero-order valence-corrected chi connectivity index (χ0v) is 14.6. The number of benzene rings is 2. The van der Waals surface area contributed by atoms with Crippen LogP contribution >= 0.6 is 11.6 Å². The summed E-state index contributed by atoms with van der Waals surface area (Å²) >= 11 is 6.06. The number of rotatable bonds is 7. The van der Waals surface area contributed by atoms with E-state index in [4.69, 9.17) is 16.3 Å². The summed E-state index contributed by atoms with van der Waals surface area (Å²) in [7, 11) is 1.66. The Morgan fingerprint density at radius 2 is 1.84 bits per heavy atom. The van der Waals surface area contributed by atoms with E-state index in [1.165, 1.54) is 0 Å². The minimum atomic E-state index is 0.544. The summed E-state index contributed by atoms with van der Waals surface area (Å²) in [6.45, 7) is 1.21. The zero-order chi connectivity index (χ0) is 17.5. The molecule has 0 bridgehead atoms. The van der Waals surface area contributed by atoms with E-state index < -0.39 is 0 Å². The molecular weight excluding hydrogens is 336 g/mol. The maximum absolute atomic E-state index is 6.06. The highest BCUT2D eigenvalue weighted by molar-refractivity contribution is 6.30. The van der Waals surface area contributed by atoms with E-state index in [-0.39, 0.29) is 0 Å². The van der Waals surface area contributed by atoms with Crippen molar-refractivity contribution in [3.05, 3.63) is 65.7 Å². The van der Waals surface area contributed by atoms with Gasteiger partial charge in [-0.05, 0) is 18.2 Å². The van der Waals surface area contributed by atoms with Crippen LogP contribution in [-0.4, -0.2) is 30.2 Å². The third-order valence-electron chi connectivity index (χ3n) is 3.48. The fourth-order valence-corrected chi connectivity index (χ4v) is 2.52. The van der Waals surface area contributed by atoms with Gasteiger partial charge in [-0.2, -0.15) is 4.98 Å². The Labute approximate surface area is 152 Å². The second-order valence-electron chi connectivity index (χ2n) is 5.38. The van der Waals surface area contributed by atoms with Crippen LogP contribution in [0.2, 0.25) is 5.02 Å². The first-order chi connectivity index (χ1) is 12.2. The monoisotopic (exact) mass is 354 g/mol. The van der Waals surface area contributed by atoms with Crippen molar-refractivity contribution in [2.45, 2.75) is 0 Å². The lowest BCUT2D eigenvalue weighted by molar-refractivity contribution is 0.210. The summed E-state index contributed by atoms with van der Waals surface area (Å²) in [5.41, 5.74) is 2.72. The van der Waals surface area contributed by atoms with Gasteiger partial charge in [0.25, 0.3) is 0 Å². The van der Waals surface area contributed by atoms with Gasteiger partial charge in [0.1, 0.15) is 5.82 Å². The summed E-state index contributed by atoms with van der Waals surface area (Å²) < 4.78 is 5.07. The Morgan fingerprint density at radius 3 is 2.60 bits per heavy atom. The fraction of sp³-hybridized carbons (Fsp3) is 0.158. The molecule has 0 saturated carbocycles. The molecule has 0 amide bonds. The molecular formula is C19H19ClN4O. The molecule has 1 aromatic heterocycles. The number of halogens is 1. The number of anilines is 3. The molecule has 25 heavy (non-hydrogen) atoms. The number of methoxy groups -OCH3 is 1. The van der Waals surface area contributed by atoms with Crippen molar-refractivity contribution in [1.29, 1.82) is 0 Å². The molecule has 0 radical (unpaired) electrons. The van der Waals surface area contributed by atoms with Crippen molar-refractivity contribution < 1.29 is 4.74 Å². The second-order valence-corrected chi connectivity index (χ2v) is 5.82. The van der Waals surface area contributed by atoms with E-state index in [0.29, 0.717) is 29.9 Å². The smallest absolute Gasteiger partial charge is 0.225 e. The molecule has 5 nitrogen and oxygen atoms in total. The van der Waals surface area contributed by atoms with Gasteiger partial charge in [-0.1, -0.05) is 48.0 Å². The Hall–Kier alpha value is -2.63. The normalized spacial score (nSPS) is 10.5. The predicted molar refractivity (Wildman–Crippen MR) is 103 cm³/mol. The summed E-state index contributed by atoms with van der Waals surface area (Å²) in [6.07, 6.45) is 0. The van der Waals surface area contributed by atoms with Gasteiger partial charge in [-0.3, -0.25) is 0 Å². The van der Waals surface area contributed by atoms with Crippen LogP contribution in [0, 0.1) is 0 Å². The molecule has 0 spiro atoms. The van der Waals surface area contributed by atoms with Crippen molar-refractivity contribution in [3.63, 3.8) is 0 Å². The molecule has 0 unspecified atom stereocenters. The average Bonchev–Trinajstić information content (AvgIpc) is 2.63. The summed E-state index contributed by atoms with van der Waals surface area (Å²) in [5.74, 6) is 1.24. The first-order valence-corrected chi connectivity index (χ1v) is 8.32. The van der Waals surface area contributed by atoms with Gasteiger partial charge in [0.2, 0.25) is 5.95 Å². The second kappa shape index (κ2) is 8.46. The maximum Gasteiger partial charge on any atom is 0.225 e. The van der Waals surface area contributed by atoms with Gasteiger partial charge in [-0.15, -0.1) is 0 Å². The Morgan fingerprint density at radius 1 is 1.00 bits per heavy atom. The van der Waals surface area contributed by atoms with Crippen molar-refractivity contribution >= 4 is 29.1 Å². The van der Waals surface area contributed by atoms with Crippen LogP contribution in [-0.2, 0) is 4.74 Å². The van der Waals surface area contributed by atoms with Gasteiger partial charge < -0.3 is 15.4 Å². The van der Waals surface area contributed by atoms with Gasteiger partial charge in [-0.25, -0.2) is 4.98 Å². The number of nitrogens with zero attached hydrogens (tertiary/aromatic N) is 2. The molecule has 3 rings (SSSR count). The molecule has 128 valence electrons. The lowest BCUT2D eigenvalue weighted by Crippen LogP contribution is -2.11. The fourth-order valence-electron chi connectivity index (χ4n) is 2.33. The molecule has 0 aliphatic heterocycles. The minimum absolute atomic E-state index is 0.544. The minimum Gasteiger partial charge on any atom is -0.383 e. The van der Waals surface area contributed by atoms with Gasteiger partial charge >= 0.3 is 0 Å². The van der Waals surface area contributed by atoms with Crippen LogP contribution in [0.1, 0.15) is 0 Å². The molecule has 1 heterocycles. The molecule has 2 N–H and O–H groups in total. The standard InChI is InChI=1S/C19H19ClN4O/c1-25-11-10-21-19-23-17(14-6-3-2-4-7-14)13-18(24-19)22-16-9-5-8-15(20)12-16/h2-9,12-13H,10-11H2,1H3,(H2,21,22,23,24). The summed E-state index contributed by atoms with van der Waals surface area (Å²) in [6, 6.07) is 19.4. The van der Waals surface area contributed by atoms with Crippen molar-refractivity contribution in [3.8, 4) is 11.3 Å². The molecule has 0 saturated heterocycles. The number of hydrogen-bond acceptors (Lipinski definition) is 5. The highest BCUT2D eigenvalue weighted by atomic mass is 35.5. The van der Waals surface area contributed by atoms with E-state index in [2.05, 4.69) is 20.6 Å². The highest BCUT2D eigenvalue weighted by Crippen LogP contribution is 2.24. The molecule has 0 aliphatic rings. The third-order valence-corrected chi connectivity index (χ3v) is 3.72. The molecule has 0 aliphatic carbocycles. The molecule has 3 aromatic rings. The van der Waals surface area contributed by atoms with Crippen LogP contribution in [0.25, 0.3) is 11.3 Å². The summed E-state index contributed by atoms with van der Waals surface area (Å²) in [5, 5.41) is 7.13. The van der Waals surface area contributed by atoms with Crippen molar-refractivity contribution in [1.82, 2.24) is 9.97 Å². The Balaban J connectivity index is 1.91. The maximum atomic E-state index is 6.06. The van der Waals surface area contributed by atoms with E-state index in [1.54, 1.807) is 7.11 Å². The molecule has 0 fully saturated rings. The third kappa shape index (κ3) is 4.92. The van der Waals surface area contributed by atoms with Gasteiger partial charge in [0, 0.05) is 36.0 Å². The lowest BCUT2D eigenvalue weighted by atomic mass is 10.1. The molecule has 2 aromatic carbocycles. The largest absolute Gasteiger partial charge is 0.383 e. The zero-order valence-electron chi connectivity index (χ0n) is 13.9. The van der Waals surface area contributed by atoms with Crippen LogP contribution in [0.3, 0.4) is 0 Å². The van der Waals surface area contributed by atoms with Crippen LogP contribution < -0.4 is 10.6 Å². The van der Waals surface area contributed by atoms with Crippen molar-refractivity contribution in [2.75, 3.05) is 30.9 Å². The predicted octanol–water partition coefficient (Wildman–Crippen LogP) is 4.60. The highest BCUT2D eigenvalue weighted by Gasteiger charge is 2.07. The van der Waals surface area contributed by atoms with Crippen LogP contribution in [0.4, 0.5) is 17.5 Å². The van der Waals surface area contributed by atoms with Crippen molar-refractivity contribution in [2.24, 2.45) is 0 Å². The quantitative estimate of drug-likeness (QED) is 0.607. The van der Waals surface area contributed by atoms with E-state index >= 15 is 0 Å². The number of ether oxygens (including phenoxy) is 1. The first kappa shape index (κ1) is 17.2. The first-order valence-electron chi connectivity index (χ1n) is 7.94. The topological polar surface area (TPSA) is 59.1 Å². The summed E-state index contributed by atoms with van der Waals surface area (Å²) in [4.78, 5) is 9.11. The van der Waals surface area contributed by atoms with Crippen LogP contribution in [0.15, 0.2) is 60.7 Å². The SMILES string of the molecule is COCCNc1nc(Nc2cccc(Cl)c2)cc(-c2ccccc2)n1. The number of aromatic nitrogens is 2.